The summed E-state index contributed by atoms with van der Waals surface area (Å²) in [4.78, 5) is 20.7. The predicted molar refractivity (Wildman–Crippen MR) is 141 cm³/mol. The molecule has 1 spiro atoms. The number of fused-ring (bicyclic) bond motifs is 4. The number of alkyl halides is 3. The molecular weight excluding hydrogens is 507 g/mol. The summed E-state index contributed by atoms with van der Waals surface area (Å²) in [6, 6.07) is 11.0. The molecule has 208 valence electrons. The number of ether oxygens (including phenoxy) is 1. The first-order chi connectivity index (χ1) is 18.7. The summed E-state index contributed by atoms with van der Waals surface area (Å²) in [5, 5.41) is 11.6. The summed E-state index contributed by atoms with van der Waals surface area (Å²) < 4.78 is 45.8. The predicted octanol–water partition coefficient (Wildman–Crippen LogP) is 5.40. The van der Waals surface area contributed by atoms with Crippen LogP contribution in [0.25, 0.3) is 10.9 Å². The number of rotatable bonds is 5. The van der Waals surface area contributed by atoms with Gasteiger partial charge in [0.05, 0.1) is 25.3 Å². The number of likely N-dealkylation sites (tertiary alicyclic amines) is 1. The monoisotopic (exact) mass is 541 g/mol. The van der Waals surface area contributed by atoms with Gasteiger partial charge in [-0.3, -0.25) is 9.69 Å². The van der Waals surface area contributed by atoms with Gasteiger partial charge < -0.3 is 19.7 Å². The van der Waals surface area contributed by atoms with Crippen LogP contribution in [0.2, 0.25) is 0 Å². The molecule has 3 heterocycles. The third-order valence-electron chi connectivity index (χ3n) is 9.14. The number of hydrogen-bond donors (Lipinski definition) is 2. The van der Waals surface area contributed by atoms with Crippen LogP contribution in [-0.4, -0.2) is 59.1 Å². The number of aliphatic hydroxyl groups is 1. The second-order valence-electron chi connectivity index (χ2n) is 11.4. The summed E-state index contributed by atoms with van der Waals surface area (Å²) in [6.07, 6.45) is 0.154. The van der Waals surface area contributed by atoms with Crippen LogP contribution in [0.1, 0.15) is 60.5 Å². The molecule has 2 N–H and O–H groups in total. The molecule has 1 saturated heterocycles. The molecule has 1 amide bonds. The van der Waals surface area contributed by atoms with Gasteiger partial charge in [-0.1, -0.05) is 24.6 Å². The van der Waals surface area contributed by atoms with Gasteiger partial charge in [-0.05, 0) is 55.0 Å². The van der Waals surface area contributed by atoms with Crippen molar-refractivity contribution in [2.75, 3.05) is 33.4 Å². The Bertz CT molecular complexity index is 1370. The maximum Gasteiger partial charge on any atom is 0.416 e. The van der Waals surface area contributed by atoms with Crippen LogP contribution < -0.4 is 4.74 Å². The molecule has 3 aromatic rings. The summed E-state index contributed by atoms with van der Waals surface area (Å²) in [7, 11) is 1.62. The number of halogens is 3. The summed E-state index contributed by atoms with van der Waals surface area (Å²) in [5.74, 6) is 1.12. The molecule has 2 aromatic carbocycles. The van der Waals surface area contributed by atoms with Crippen LogP contribution in [0, 0.1) is 5.92 Å². The second kappa shape index (κ2) is 9.86. The summed E-state index contributed by atoms with van der Waals surface area (Å²) in [5.41, 5.74) is 2.55. The number of H-pyrrole nitrogens is 1. The molecule has 1 saturated carbocycles. The van der Waals surface area contributed by atoms with Gasteiger partial charge in [0, 0.05) is 60.2 Å². The van der Waals surface area contributed by atoms with Crippen LogP contribution in [0.4, 0.5) is 13.2 Å². The van der Waals surface area contributed by atoms with Crippen molar-refractivity contribution in [3.8, 4) is 5.75 Å². The zero-order chi connectivity index (χ0) is 27.4. The van der Waals surface area contributed by atoms with Gasteiger partial charge in [-0.2, -0.15) is 13.2 Å². The van der Waals surface area contributed by atoms with Crippen molar-refractivity contribution >= 4 is 16.8 Å². The number of carbonyl (C=O) groups excluding carboxylic acids is 1. The molecule has 1 atom stereocenters. The molecule has 6 rings (SSSR count). The molecular formula is C30H34F3N3O3. The van der Waals surface area contributed by atoms with E-state index in [4.69, 9.17) is 4.74 Å². The van der Waals surface area contributed by atoms with Gasteiger partial charge in [0.15, 0.2) is 0 Å². The van der Waals surface area contributed by atoms with E-state index in [0.29, 0.717) is 25.2 Å². The Labute approximate surface area is 225 Å². The van der Waals surface area contributed by atoms with Crippen LogP contribution in [-0.2, 0) is 22.9 Å². The van der Waals surface area contributed by atoms with E-state index in [9.17, 15) is 23.1 Å². The van der Waals surface area contributed by atoms with Crippen LogP contribution >= 0.6 is 0 Å². The first-order valence-corrected chi connectivity index (χ1v) is 13.7. The number of hydrogen-bond acceptors (Lipinski definition) is 4. The van der Waals surface area contributed by atoms with E-state index in [0.717, 1.165) is 66.1 Å². The molecule has 3 aliphatic rings. The maximum atomic E-state index is 13.4. The van der Waals surface area contributed by atoms with Crippen molar-refractivity contribution in [1.29, 1.82) is 0 Å². The van der Waals surface area contributed by atoms with E-state index in [-0.39, 0.29) is 30.4 Å². The zero-order valence-corrected chi connectivity index (χ0v) is 22.1. The molecule has 39 heavy (non-hydrogen) atoms. The molecule has 2 aliphatic heterocycles. The van der Waals surface area contributed by atoms with Crippen molar-refractivity contribution in [2.24, 2.45) is 5.92 Å². The molecule has 0 bridgehead atoms. The quantitative estimate of drug-likeness (QED) is 0.454. The van der Waals surface area contributed by atoms with Gasteiger partial charge >= 0.3 is 6.18 Å². The first-order valence-electron chi connectivity index (χ1n) is 13.7. The smallest absolute Gasteiger partial charge is 0.416 e. The largest absolute Gasteiger partial charge is 0.497 e. The van der Waals surface area contributed by atoms with Crippen molar-refractivity contribution < 1.29 is 27.8 Å². The Balaban J connectivity index is 1.38. The van der Waals surface area contributed by atoms with E-state index in [2.05, 4.69) is 9.88 Å². The van der Waals surface area contributed by atoms with Crippen LogP contribution in [0.3, 0.4) is 0 Å². The number of methoxy groups -OCH3 is 1. The van der Waals surface area contributed by atoms with Gasteiger partial charge in [0.25, 0.3) is 0 Å². The molecule has 9 heteroatoms. The van der Waals surface area contributed by atoms with Crippen molar-refractivity contribution in [3.63, 3.8) is 0 Å². The molecule has 0 radical (unpaired) electrons. The lowest BCUT2D eigenvalue weighted by molar-refractivity contribution is -0.140. The Morgan fingerprint density at radius 2 is 1.92 bits per heavy atom. The third-order valence-corrected chi connectivity index (χ3v) is 9.14. The Morgan fingerprint density at radius 3 is 2.56 bits per heavy atom. The number of nitrogens with one attached hydrogen (secondary N) is 1. The number of benzene rings is 2. The number of aromatic nitrogens is 1. The SMILES string of the molecule is COc1ccc2c3c([nH]c2c1)C(CO)N(Cc1cccc(C(F)(F)F)c1)CC31CCN(C(=O)C2CCC2)CC1. The van der Waals surface area contributed by atoms with E-state index < -0.39 is 17.8 Å². The molecule has 1 aliphatic carbocycles. The first kappa shape index (κ1) is 26.2. The Kier molecular flexibility index (Phi) is 6.62. The lowest BCUT2D eigenvalue weighted by Gasteiger charge is -2.51. The lowest BCUT2D eigenvalue weighted by Crippen LogP contribution is -2.55. The molecule has 6 nitrogen and oxygen atoms in total. The van der Waals surface area contributed by atoms with E-state index in [1.54, 1.807) is 13.2 Å². The maximum absolute atomic E-state index is 13.4. The van der Waals surface area contributed by atoms with Gasteiger partial charge in [0.1, 0.15) is 5.75 Å². The van der Waals surface area contributed by atoms with Crippen LogP contribution in [0.5, 0.6) is 5.75 Å². The number of piperidine rings is 1. The number of amides is 1. The number of nitrogens with zero attached hydrogens (tertiary/aromatic N) is 2. The van der Waals surface area contributed by atoms with Gasteiger partial charge in [-0.15, -0.1) is 0 Å². The minimum Gasteiger partial charge on any atom is -0.497 e. The molecule has 2 fully saturated rings. The number of aliphatic hydroxyl groups excluding tert-OH is 1. The topological polar surface area (TPSA) is 68.8 Å². The van der Waals surface area contributed by atoms with Crippen molar-refractivity contribution in [2.45, 2.75) is 56.3 Å². The van der Waals surface area contributed by atoms with E-state index in [1.165, 1.54) is 12.1 Å². The fourth-order valence-electron chi connectivity index (χ4n) is 6.84. The van der Waals surface area contributed by atoms with E-state index in [1.807, 2.05) is 23.1 Å². The Hall–Kier alpha value is -3.04. The summed E-state index contributed by atoms with van der Waals surface area (Å²) in [6.45, 7) is 2.00. The average Bonchev–Trinajstić information content (AvgIpc) is 3.27. The second-order valence-corrected chi connectivity index (χ2v) is 11.4. The standard InChI is InChI=1S/C30H34F3N3O3/c1-39-22-8-9-23-24(15-22)34-27-25(17-37)36(16-19-4-2-7-21(14-19)30(31,32)33)18-29(26(23)27)10-12-35(13-11-29)28(38)20-5-3-6-20/h2,4,7-9,14-15,20,25,34,37H,3,5-6,10-13,16-18H2,1H3. The molecule has 1 unspecified atom stereocenters. The third kappa shape index (κ3) is 4.59. The summed E-state index contributed by atoms with van der Waals surface area (Å²) >= 11 is 0. The highest BCUT2D eigenvalue weighted by atomic mass is 19.4. The number of carbonyl (C=O) groups is 1. The highest BCUT2D eigenvalue weighted by Crippen LogP contribution is 2.50. The minimum atomic E-state index is -4.42. The lowest BCUT2D eigenvalue weighted by atomic mass is 9.68. The van der Waals surface area contributed by atoms with Crippen molar-refractivity contribution in [3.05, 3.63) is 64.8 Å². The number of aromatic amines is 1. The van der Waals surface area contributed by atoms with Crippen LogP contribution in [0.15, 0.2) is 42.5 Å². The fraction of sp³-hybridized carbons (Fsp3) is 0.500. The normalized spacial score (nSPS) is 21.7. The highest BCUT2D eigenvalue weighted by Gasteiger charge is 2.48. The average molecular weight is 542 g/mol. The van der Waals surface area contributed by atoms with Crippen molar-refractivity contribution in [1.82, 2.24) is 14.8 Å². The zero-order valence-electron chi connectivity index (χ0n) is 22.1. The van der Waals surface area contributed by atoms with Gasteiger partial charge in [0.2, 0.25) is 5.91 Å². The minimum absolute atomic E-state index is 0.151. The highest BCUT2D eigenvalue weighted by molar-refractivity contribution is 5.88. The fourth-order valence-corrected chi connectivity index (χ4v) is 6.84. The van der Waals surface area contributed by atoms with Gasteiger partial charge in [-0.25, -0.2) is 0 Å². The molecule has 1 aromatic heterocycles. The Morgan fingerprint density at radius 1 is 1.15 bits per heavy atom. The van der Waals surface area contributed by atoms with E-state index >= 15 is 0 Å².